The number of nitrogens with zero attached hydrogens (tertiary/aromatic N) is 1. The topological polar surface area (TPSA) is 69.1 Å². The second-order valence-electron chi connectivity index (χ2n) is 2.28. The van der Waals surface area contributed by atoms with Gasteiger partial charge in [0.25, 0.3) is 0 Å². The molecular formula is C7H10N2O2. The number of aromatic nitrogens is 1. The maximum atomic E-state index is 11.1. The van der Waals surface area contributed by atoms with E-state index >= 15 is 0 Å². The largest absolute Gasteiger partial charge is 0.367 e. The van der Waals surface area contributed by atoms with Crippen LogP contribution in [-0.4, -0.2) is 10.9 Å². The van der Waals surface area contributed by atoms with E-state index in [-0.39, 0.29) is 11.7 Å². The summed E-state index contributed by atoms with van der Waals surface area (Å²) in [6.45, 7) is 3.47. The van der Waals surface area contributed by atoms with E-state index < -0.39 is 0 Å². The van der Waals surface area contributed by atoms with Crippen molar-refractivity contribution < 1.29 is 9.32 Å². The highest BCUT2D eigenvalue weighted by Crippen LogP contribution is 2.16. The first kappa shape index (κ1) is 7.78. The average molecular weight is 154 g/mol. The van der Waals surface area contributed by atoms with Crippen LogP contribution in [0.1, 0.15) is 29.4 Å². The predicted molar refractivity (Wildman–Crippen MR) is 40.3 cm³/mol. The van der Waals surface area contributed by atoms with Gasteiger partial charge in [-0.25, -0.2) is 0 Å². The van der Waals surface area contributed by atoms with Gasteiger partial charge in [0.15, 0.2) is 5.78 Å². The van der Waals surface area contributed by atoms with Crippen LogP contribution < -0.4 is 5.73 Å². The van der Waals surface area contributed by atoms with Gasteiger partial charge in [-0.2, -0.15) is 0 Å². The van der Waals surface area contributed by atoms with Gasteiger partial charge < -0.3 is 10.3 Å². The maximum absolute atomic E-state index is 11.1. The van der Waals surface area contributed by atoms with E-state index in [2.05, 4.69) is 9.68 Å². The maximum Gasteiger partial charge on any atom is 0.233 e. The molecule has 1 aromatic heterocycles. The van der Waals surface area contributed by atoms with Gasteiger partial charge in [-0.3, -0.25) is 4.79 Å². The van der Waals surface area contributed by atoms with Crippen molar-refractivity contribution in [3.63, 3.8) is 0 Å². The van der Waals surface area contributed by atoms with E-state index in [0.717, 1.165) is 0 Å². The molecule has 0 bridgehead atoms. The number of nitrogen functional groups attached to an aromatic ring is 1. The second kappa shape index (κ2) is 2.74. The van der Waals surface area contributed by atoms with Gasteiger partial charge in [0.1, 0.15) is 5.56 Å². The summed E-state index contributed by atoms with van der Waals surface area (Å²) in [5, 5.41) is 3.56. The second-order valence-corrected chi connectivity index (χ2v) is 2.28. The summed E-state index contributed by atoms with van der Waals surface area (Å²) in [6.07, 6.45) is 0.423. The molecule has 1 aromatic rings. The van der Waals surface area contributed by atoms with E-state index in [4.69, 9.17) is 5.73 Å². The van der Waals surface area contributed by atoms with Crippen molar-refractivity contribution >= 4 is 11.7 Å². The normalized spacial score (nSPS) is 10.0. The Morgan fingerprint density at radius 1 is 1.73 bits per heavy atom. The monoisotopic (exact) mass is 154 g/mol. The molecule has 0 spiro atoms. The Labute approximate surface area is 64.4 Å². The molecule has 2 N–H and O–H groups in total. The zero-order valence-corrected chi connectivity index (χ0v) is 6.55. The van der Waals surface area contributed by atoms with Crippen molar-refractivity contribution in [2.75, 3.05) is 5.73 Å². The summed E-state index contributed by atoms with van der Waals surface area (Å²) in [7, 11) is 0. The fourth-order valence-corrected chi connectivity index (χ4v) is 0.903. The molecular weight excluding hydrogens is 144 g/mol. The molecule has 0 aliphatic carbocycles. The van der Waals surface area contributed by atoms with Crippen LogP contribution in [0, 0.1) is 6.92 Å². The summed E-state index contributed by atoms with van der Waals surface area (Å²) in [5.74, 6) is 0.0931. The van der Waals surface area contributed by atoms with Gasteiger partial charge in [0.2, 0.25) is 5.88 Å². The lowest BCUT2D eigenvalue weighted by atomic mass is 10.1. The number of anilines is 1. The van der Waals surface area contributed by atoms with E-state index in [1.807, 2.05) is 0 Å². The highest BCUT2D eigenvalue weighted by molar-refractivity contribution is 6.00. The van der Waals surface area contributed by atoms with E-state index in [1.165, 1.54) is 0 Å². The van der Waals surface area contributed by atoms with E-state index in [0.29, 0.717) is 17.7 Å². The molecule has 0 radical (unpaired) electrons. The summed E-state index contributed by atoms with van der Waals surface area (Å²) >= 11 is 0. The zero-order chi connectivity index (χ0) is 8.43. The first-order chi connectivity index (χ1) is 5.16. The number of Topliss-reactive ketones (excluding diaryl/α,β-unsaturated/α-hetero) is 1. The highest BCUT2D eigenvalue weighted by Gasteiger charge is 2.15. The molecule has 0 saturated carbocycles. The average Bonchev–Trinajstić information content (AvgIpc) is 2.30. The lowest BCUT2D eigenvalue weighted by Crippen LogP contribution is -2.00. The van der Waals surface area contributed by atoms with Crippen LogP contribution in [0.5, 0.6) is 0 Å². The highest BCUT2D eigenvalue weighted by atomic mass is 16.5. The lowest BCUT2D eigenvalue weighted by Gasteiger charge is -1.92. The Hall–Kier alpha value is -1.32. The number of carbonyl (C=O) groups excluding carboxylic acids is 1. The van der Waals surface area contributed by atoms with Crippen LogP contribution in [-0.2, 0) is 0 Å². The van der Waals surface area contributed by atoms with Crippen LogP contribution >= 0.6 is 0 Å². The van der Waals surface area contributed by atoms with Gasteiger partial charge in [-0.15, -0.1) is 0 Å². The number of rotatable bonds is 2. The molecule has 0 aromatic carbocycles. The Bertz CT molecular complexity index is 258. The summed E-state index contributed by atoms with van der Waals surface area (Å²) < 4.78 is 4.63. The van der Waals surface area contributed by atoms with Crippen LogP contribution in [0.4, 0.5) is 5.88 Å². The van der Waals surface area contributed by atoms with Gasteiger partial charge in [0, 0.05) is 6.42 Å². The Kier molecular flexibility index (Phi) is 1.94. The molecule has 11 heavy (non-hydrogen) atoms. The molecule has 0 amide bonds. The minimum absolute atomic E-state index is 0.0266. The molecule has 0 aliphatic rings. The third kappa shape index (κ3) is 1.24. The first-order valence-electron chi connectivity index (χ1n) is 3.41. The molecule has 0 atom stereocenters. The first-order valence-corrected chi connectivity index (χ1v) is 3.41. The Balaban J connectivity index is 3.10. The lowest BCUT2D eigenvalue weighted by molar-refractivity contribution is 0.0988. The SMILES string of the molecule is CCC(=O)c1c(C)noc1N. The molecule has 0 fully saturated rings. The van der Waals surface area contributed by atoms with E-state index in [1.54, 1.807) is 13.8 Å². The summed E-state index contributed by atoms with van der Waals surface area (Å²) in [5.41, 5.74) is 6.36. The smallest absolute Gasteiger partial charge is 0.233 e. The number of ketones is 1. The van der Waals surface area contributed by atoms with Crippen LogP contribution in [0.15, 0.2) is 4.52 Å². The molecule has 0 unspecified atom stereocenters. The fourth-order valence-electron chi connectivity index (χ4n) is 0.903. The Morgan fingerprint density at radius 3 is 2.73 bits per heavy atom. The number of hydrogen-bond donors (Lipinski definition) is 1. The van der Waals surface area contributed by atoms with Crippen molar-refractivity contribution in [3.8, 4) is 0 Å². The van der Waals surface area contributed by atoms with Crippen LogP contribution in [0.25, 0.3) is 0 Å². The van der Waals surface area contributed by atoms with Crippen LogP contribution in [0.3, 0.4) is 0 Å². The fraction of sp³-hybridized carbons (Fsp3) is 0.429. The zero-order valence-electron chi connectivity index (χ0n) is 6.55. The number of aryl methyl sites for hydroxylation is 1. The quantitative estimate of drug-likeness (QED) is 0.649. The van der Waals surface area contributed by atoms with Crippen LogP contribution in [0.2, 0.25) is 0 Å². The van der Waals surface area contributed by atoms with E-state index in [9.17, 15) is 4.79 Å². The predicted octanol–water partition coefficient (Wildman–Crippen LogP) is 1.16. The molecule has 0 aliphatic heterocycles. The van der Waals surface area contributed by atoms with Gasteiger partial charge >= 0.3 is 0 Å². The molecule has 60 valence electrons. The minimum Gasteiger partial charge on any atom is -0.367 e. The molecule has 4 nitrogen and oxygen atoms in total. The third-order valence-electron chi connectivity index (χ3n) is 1.49. The molecule has 0 saturated heterocycles. The molecule has 1 rings (SSSR count). The van der Waals surface area contributed by atoms with Gasteiger partial charge in [0.05, 0.1) is 5.69 Å². The van der Waals surface area contributed by atoms with Crippen molar-refractivity contribution in [3.05, 3.63) is 11.3 Å². The number of carbonyl (C=O) groups is 1. The summed E-state index contributed by atoms with van der Waals surface area (Å²) in [4.78, 5) is 11.1. The van der Waals surface area contributed by atoms with Crippen molar-refractivity contribution in [2.24, 2.45) is 0 Å². The Morgan fingerprint density at radius 2 is 2.36 bits per heavy atom. The van der Waals surface area contributed by atoms with Gasteiger partial charge in [-0.05, 0) is 6.92 Å². The number of nitrogens with two attached hydrogens (primary N) is 1. The molecule has 4 heteroatoms. The standard InChI is InChI=1S/C7H10N2O2/c1-3-5(10)6-4(2)9-11-7(6)8/h3,8H2,1-2H3. The third-order valence-corrected chi connectivity index (χ3v) is 1.49. The molecule has 1 heterocycles. The van der Waals surface area contributed by atoms with Crippen molar-refractivity contribution in [1.82, 2.24) is 5.16 Å². The minimum atomic E-state index is -0.0266. The summed E-state index contributed by atoms with van der Waals surface area (Å²) in [6, 6.07) is 0. The number of hydrogen-bond acceptors (Lipinski definition) is 4. The van der Waals surface area contributed by atoms with Crippen molar-refractivity contribution in [1.29, 1.82) is 0 Å². The van der Waals surface area contributed by atoms with Crippen molar-refractivity contribution in [2.45, 2.75) is 20.3 Å². The van der Waals surface area contributed by atoms with Gasteiger partial charge in [-0.1, -0.05) is 12.1 Å².